The Hall–Kier alpha value is -6.05. The second kappa shape index (κ2) is 10.5. The van der Waals surface area contributed by atoms with E-state index < -0.39 is 0 Å². The summed E-state index contributed by atoms with van der Waals surface area (Å²) in [5, 5.41) is 8.55. The molecule has 9 aromatic rings. The lowest BCUT2D eigenvalue weighted by Crippen LogP contribution is -2.14. The predicted octanol–water partition coefficient (Wildman–Crippen LogP) is 13.0. The lowest BCUT2D eigenvalue weighted by Gasteiger charge is -2.22. The van der Waals surface area contributed by atoms with Crippen LogP contribution in [0.2, 0.25) is 0 Å². The van der Waals surface area contributed by atoms with Gasteiger partial charge in [-0.25, -0.2) is 4.98 Å². The number of hydrogen-bond donors (Lipinski definition) is 0. The Morgan fingerprint density at radius 3 is 1.88 bits per heavy atom. The van der Waals surface area contributed by atoms with Gasteiger partial charge in [-0.3, -0.25) is 0 Å². The van der Waals surface area contributed by atoms with Crippen LogP contribution < -0.4 is 0 Å². The maximum Gasteiger partial charge on any atom is 0.0722 e. The van der Waals surface area contributed by atoms with E-state index in [-0.39, 0.29) is 5.41 Å². The van der Waals surface area contributed by atoms with Gasteiger partial charge in [-0.05, 0) is 107 Å². The van der Waals surface area contributed by atoms with Crippen molar-refractivity contribution in [1.82, 2.24) is 4.98 Å². The van der Waals surface area contributed by atoms with Crippen LogP contribution in [0.3, 0.4) is 0 Å². The number of pyridine rings is 1. The van der Waals surface area contributed by atoms with Crippen molar-refractivity contribution in [3.63, 3.8) is 0 Å². The van der Waals surface area contributed by atoms with Gasteiger partial charge in [0.2, 0.25) is 0 Å². The van der Waals surface area contributed by atoms with Crippen LogP contribution in [0.1, 0.15) is 25.0 Å². The zero-order valence-electron chi connectivity index (χ0n) is 27.5. The van der Waals surface area contributed by atoms with Gasteiger partial charge in [0.25, 0.3) is 0 Å². The average molecular weight is 624 g/mol. The highest BCUT2D eigenvalue weighted by Gasteiger charge is 2.35. The smallest absolute Gasteiger partial charge is 0.0722 e. The normalized spacial score (nSPS) is 13.3. The first-order valence-electron chi connectivity index (χ1n) is 17.1. The van der Waals surface area contributed by atoms with Crippen molar-refractivity contribution in [2.75, 3.05) is 0 Å². The largest absolute Gasteiger partial charge is 0.248 e. The molecule has 0 saturated heterocycles. The Morgan fingerprint density at radius 1 is 0.388 bits per heavy atom. The highest BCUT2D eigenvalue weighted by atomic mass is 14.7. The average Bonchev–Trinajstić information content (AvgIpc) is 3.38. The van der Waals surface area contributed by atoms with Gasteiger partial charge in [0.15, 0.2) is 0 Å². The summed E-state index contributed by atoms with van der Waals surface area (Å²) >= 11 is 0. The maximum absolute atomic E-state index is 5.25. The molecule has 1 heteroatoms. The molecule has 0 amide bonds. The number of hydrogen-bond acceptors (Lipinski definition) is 1. The van der Waals surface area contributed by atoms with Gasteiger partial charge >= 0.3 is 0 Å². The quantitative estimate of drug-likeness (QED) is 0.178. The summed E-state index contributed by atoms with van der Waals surface area (Å²) < 4.78 is 0. The topological polar surface area (TPSA) is 12.9 Å². The van der Waals surface area contributed by atoms with E-state index in [1.54, 1.807) is 0 Å². The Bertz CT molecular complexity index is 2800. The lowest BCUT2D eigenvalue weighted by molar-refractivity contribution is 0.660. The second-order valence-corrected chi connectivity index (χ2v) is 13.9. The molecule has 8 aromatic carbocycles. The number of rotatable bonds is 3. The molecule has 230 valence electrons. The fourth-order valence-electron chi connectivity index (χ4n) is 8.39. The summed E-state index contributed by atoms with van der Waals surface area (Å²) in [7, 11) is 0. The molecule has 0 atom stereocenters. The molecular weight excluding hydrogens is 591 g/mol. The second-order valence-electron chi connectivity index (χ2n) is 13.9. The number of fused-ring (bicyclic) bond motifs is 7. The van der Waals surface area contributed by atoms with Gasteiger partial charge < -0.3 is 0 Å². The molecule has 1 aromatic heterocycles. The van der Waals surface area contributed by atoms with Gasteiger partial charge in [-0.15, -0.1) is 0 Å². The molecule has 0 N–H and O–H groups in total. The minimum Gasteiger partial charge on any atom is -0.248 e. The van der Waals surface area contributed by atoms with E-state index in [1.165, 1.54) is 82.4 Å². The van der Waals surface area contributed by atoms with Crippen LogP contribution in [0, 0.1) is 0 Å². The van der Waals surface area contributed by atoms with E-state index in [2.05, 4.69) is 178 Å². The third kappa shape index (κ3) is 4.22. The molecule has 1 heterocycles. The summed E-state index contributed by atoms with van der Waals surface area (Å²) in [5.74, 6) is 0. The highest BCUT2D eigenvalue weighted by molar-refractivity contribution is 6.22. The molecular formula is C48H33N. The molecule has 10 rings (SSSR count). The summed E-state index contributed by atoms with van der Waals surface area (Å²) in [6.07, 6.45) is 0. The van der Waals surface area contributed by atoms with E-state index in [0.717, 1.165) is 16.6 Å². The van der Waals surface area contributed by atoms with Crippen LogP contribution in [0.25, 0.3) is 87.9 Å². The van der Waals surface area contributed by atoms with Crippen LogP contribution in [-0.2, 0) is 5.41 Å². The van der Waals surface area contributed by atoms with Crippen molar-refractivity contribution in [3.8, 4) is 44.6 Å². The van der Waals surface area contributed by atoms with Gasteiger partial charge in [-0.1, -0.05) is 147 Å². The summed E-state index contributed by atoms with van der Waals surface area (Å²) in [4.78, 5) is 5.25. The van der Waals surface area contributed by atoms with Gasteiger partial charge in [0.1, 0.15) is 0 Å². The summed E-state index contributed by atoms with van der Waals surface area (Å²) in [5.41, 5.74) is 13.5. The number of benzene rings is 8. The molecule has 0 fully saturated rings. The first-order chi connectivity index (χ1) is 24.0. The van der Waals surface area contributed by atoms with E-state index in [1.807, 2.05) is 0 Å². The maximum atomic E-state index is 5.25. The van der Waals surface area contributed by atoms with E-state index in [9.17, 15) is 0 Å². The first-order valence-corrected chi connectivity index (χ1v) is 17.1. The standard InChI is InChI=1S/C48H33N/c1-48(2)42-17-9-8-14-36(42)40-29-35(22-25-43(40)48)46-37-15-6-7-16-38(37)47(45-26-23-31-12-5-10-18-44(31)49-45)39-24-21-34(28-41(39)46)33-20-19-30-11-3-4-13-32(30)27-33/h3-29H,1-2H3. The van der Waals surface area contributed by atoms with E-state index >= 15 is 0 Å². The van der Waals surface area contributed by atoms with Crippen LogP contribution in [0.15, 0.2) is 164 Å². The van der Waals surface area contributed by atoms with Crippen LogP contribution in [0.5, 0.6) is 0 Å². The predicted molar refractivity (Wildman–Crippen MR) is 208 cm³/mol. The molecule has 1 aliphatic carbocycles. The fraction of sp³-hybridized carbons (Fsp3) is 0.0625. The number of aromatic nitrogens is 1. The molecule has 1 nitrogen and oxygen atoms in total. The highest BCUT2D eigenvalue weighted by Crippen LogP contribution is 2.51. The molecule has 0 aliphatic heterocycles. The molecule has 49 heavy (non-hydrogen) atoms. The summed E-state index contributed by atoms with van der Waals surface area (Å²) in [6, 6.07) is 60.2. The van der Waals surface area contributed by atoms with E-state index in [0.29, 0.717) is 0 Å². The van der Waals surface area contributed by atoms with E-state index in [4.69, 9.17) is 4.98 Å². The van der Waals surface area contributed by atoms with Gasteiger partial charge in [0.05, 0.1) is 11.2 Å². The van der Waals surface area contributed by atoms with Crippen molar-refractivity contribution >= 4 is 43.2 Å². The van der Waals surface area contributed by atoms with Crippen LogP contribution in [-0.4, -0.2) is 4.98 Å². The van der Waals surface area contributed by atoms with Crippen LogP contribution in [0.4, 0.5) is 0 Å². The zero-order chi connectivity index (χ0) is 32.7. The number of nitrogens with zero attached hydrogens (tertiary/aromatic N) is 1. The molecule has 1 aliphatic rings. The van der Waals surface area contributed by atoms with Gasteiger partial charge in [-0.2, -0.15) is 0 Å². The Labute approximate surface area is 286 Å². The first kappa shape index (κ1) is 28.0. The fourth-order valence-corrected chi connectivity index (χ4v) is 8.39. The van der Waals surface area contributed by atoms with Crippen molar-refractivity contribution in [2.24, 2.45) is 0 Å². The van der Waals surface area contributed by atoms with Gasteiger partial charge in [0, 0.05) is 16.4 Å². The van der Waals surface area contributed by atoms with Crippen molar-refractivity contribution in [1.29, 1.82) is 0 Å². The zero-order valence-corrected chi connectivity index (χ0v) is 27.5. The molecule has 0 saturated carbocycles. The Kier molecular flexibility index (Phi) is 5.99. The van der Waals surface area contributed by atoms with Crippen LogP contribution >= 0.6 is 0 Å². The SMILES string of the molecule is CC1(C)c2ccccc2-c2cc(-c3c4ccccc4c(-c4ccc5ccccc5n4)c4ccc(-c5ccc6ccccc6c5)cc34)ccc21. The van der Waals surface area contributed by atoms with Crippen molar-refractivity contribution in [3.05, 3.63) is 175 Å². The Morgan fingerprint density at radius 2 is 1.00 bits per heavy atom. The third-order valence-corrected chi connectivity index (χ3v) is 10.8. The lowest BCUT2D eigenvalue weighted by atomic mass is 9.81. The monoisotopic (exact) mass is 623 g/mol. The molecule has 0 bridgehead atoms. The van der Waals surface area contributed by atoms with Crippen molar-refractivity contribution < 1.29 is 0 Å². The minimum atomic E-state index is -0.0382. The number of para-hydroxylation sites is 1. The molecule has 0 spiro atoms. The minimum absolute atomic E-state index is 0.0382. The third-order valence-electron chi connectivity index (χ3n) is 10.8. The molecule has 0 radical (unpaired) electrons. The Balaban J connectivity index is 1.30. The molecule has 0 unspecified atom stereocenters. The van der Waals surface area contributed by atoms with Crippen molar-refractivity contribution in [2.45, 2.75) is 19.3 Å². The summed E-state index contributed by atoms with van der Waals surface area (Å²) in [6.45, 7) is 4.70.